The van der Waals surface area contributed by atoms with Gasteiger partial charge in [0, 0.05) is 49.9 Å². The van der Waals surface area contributed by atoms with E-state index in [0.717, 1.165) is 39.0 Å². The average Bonchev–Trinajstić information content (AvgIpc) is 3.39. The first kappa shape index (κ1) is 19.5. The van der Waals surface area contributed by atoms with Crippen molar-refractivity contribution in [2.75, 3.05) is 32.7 Å². The van der Waals surface area contributed by atoms with E-state index in [4.69, 9.17) is 4.42 Å². The van der Waals surface area contributed by atoms with E-state index >= 15 is 0 Å². The molecule has 1 atom stereocenters. The van der Waals surface area contributed by atoms with Gasteiger partial charge in [-0.05, 0) is 31.9 Å². The van der Waals surface area contributed by atoms with Gasteiger partial charge < -0.3 is 9.73 Å². The van der Waals surface area contributed by atoms with Gasteiger partial charge in [0.05, 0.1) is 17.5 Å². The molecule has 1 saturated carbocycles. The number of carbonyl (C=O) groups excluding carboxylic acids is 1. The molecule has 10 heteroatoms. The molecular formula is C19H24N6O4. The summed E-state index contributed by atoms with van der Waals surface area (Å²) in [5, 5.41) is 22.0. The zero-order valence-corrected chi connectivity index (χ0v) is 16.3. The number of nitrogens with zero attached hydrogens (tertiary/aromatic N) is 5. The lowest BCUT2D eigenvalue weighted by Gasteiger charge is -2.36. The maximum absolute atomic E-state index is 12.0. The lowest BCUT2D eigenvalue weighted by Crippen LogP contribution is -2.50. The van der Waals surface area contributed by atoms with Crippen molar-refractivity contribution >= 4 is 11.6 Å². The van der Waals surface area contributed by atoms with Crippen LogP contribution in [0.1, 0.15) is 31.7 Å². The molecule has 1 aliphatic heterocycles. The molecule has 2 aliphatic rings. The highest BCUT2D eigenvalue weighted by molar-refractivity contribution is 5.78. The Morgan fingerprint density at radius 3 is 2.55 bits per heavy atom. The highest BCUT2D eigenvalue weighted by Crippen LogP contribution is 2.26. The lowest BCUT2D eigenvalue weighted by molar-refractivity contribution is -0.384. The fourth-order valence-corrected chi connectivity index (χ4v) is 3.41. The first-order valence-corrected chi connectivity index (χ1v) is 9.83. The van der Waals surface area contributed by atoms with Crippen LogP contribution in [0.15, 0.2) is 28.7 Å². The molecule has 1 aromatic carbocycles. The maximum atomic E-state index is 12.0. The third kappa shape index (κ3) is 4.77. The summed E-state index contributed by atoms with van der Waals surface area (Å²) in [6, 6.07) is 6.39. The minimum Gasteiger partial charge on any atom is -0.419 e. The van der Waals surface area contributed by atoms with Crippen LogP contribution in [0.2, 0.25) is 0 Å². The highest BCUT2D eigenvalue weighted by Gasteiger charge is 2.28. The smallest absolute Gasteiger partial charge is 0.269 e. The Morgan fingerprint density at radius 1 is 1.24 bits per heavy atom. The predicted octanol–water partition coefficient (Wildman–Crippen LogP) is 1.60. The van der Waals surface area contributed by atoms with Gasteiger partial charge in [0.1, 0.15) is 0 Å². The van der Waals surface area contributed by atoms with Crippen LogP contribution in [-0.2, 0) is 4.79 Å². The van der Waals surface area contributed by atoms with Crippen molar-refractivity contribution in [1.29, 1.82) is 0 Å². The fraction of sp³-hybridized carbons (Fsp3) is 0.526. The normalized spacial score (nSPS) is 19.1. The Balaban J connectivity index is 1.31. The van der Waals surface area contributed by atoms with Crippen molar-refractivity contribution in [3.63, 3.8) is 0 Å². The minimum absolute atomic E-state index is 0.0190. The van der Waals surface area contributed by atoms with E-state index in [9.17, 15) is 14.9 Å². The molecule has 29 heavy (non-hydrogen) atoms. The second-order valence-electron chi connectivity index (χ2n) is 7.58. The lowest BCUT2D eigenvalue weighted by atomic mass is 10.2. The van der Waals surface area contributed by atoms with Crippen LogP contribution in [0, 0.1) is 10.1 Å². The van der Waals surface area contributed by atoms with Crippen LogP contribution in [0.4, 0.5) is 5.69 Å². The van der Waals surface area contributed by atoms with Crippen LogP contribution in [0.3, 0.4) is 0 Å². The molecule has 1 saturated heterocycles. The van der Waals surface area contributed by atoms with Crippen molar-refractivity contribution in [3.05, 3.63) is 40.3 Å². The summed E-state index contributed by atoms with van der Waals surface area (Å²) in [6.45, 7) is 5.71. The molecular weight excluding hydrogens is 376 g/mol. The largest absolute Gasteiger partial charge is 0.419 e. The molecule has 1 N–H and O–H groups in total. The summed E-state index contributed by atoms with van der Waals surface area (Å²) in [4.78, 5) is 26.7. The van der Waals surface area contributed by atoms with Crippen molar-refractivity contribution < 1.29 is 14.1 Å². The molecule has 2 fully saturated rings. The molecule has 1 amide bonds. The van der Waals surface area contributed by atoms with Gasteiger partial charge in [-0.2, -0.15) is 0 Å². The first-order valence-electron chi connectivity index (χ1n) is 9.83. The number of amides is 1. The zero-order chi connectivity index (χ0) is 20.4. The van der Waals surface area contributed by atoms with Gasteiger partial charge in [-0.3, -0.25) is 24.7 Å². The number of nitro benzene ring substituents is 1. The van der Waals surface area contributed by atoms with Gasteiger partial charge in [-0.25, -0.2) is 0 Å². The Bertz CT molecular complexity index is 871. The Labute approximate surface area is 168 Å². The molecule has 0 spiro atoms. The van der Waals surface area contributed by atoms with Crippen LogP contribution in [0.5, 0.6) is 0 Å². The topological polar surface area (TPSA) is 118 Å². The Morgan fingerprint density at radius 2 is 1.93 bits per heavy atom. The van der Waals surface area contributed by atoms with E-state index in [1.165, 1.54) is 12.1 Å². The number of benzene rings is 1. The van der Waals surface area contributed by atoms with E-state index in [-0.39, 0.29) is 17.6 Å². The monoisotopic (exact) mass is 400 g/mol. The molecule has 1 aliphatic carbocycles. The number of hydrogen-bond acceptors (Lipinski definition) is 8. The number of aromatic nitrogens is 2. The van der Waals surface area contributed by atoms with Gasteiger partial charge in [0.15, 0.2) is 0 Å². The third-order valence-corrected chi connectivity index (χ3v) is 5.39. The van der Waals surface area contributed by atoms with Crippen LogP contribution in [-0.4, -0.2) is 69.6 Å². The van der Waals surface area contributed by atoms with Crippen LogP contribution < -0.4 is 5.32 Å². The van der Waals surface area contributed by atoms with Gasteiger partial charge >= 0.3 is 0 Å². The number of piperazine rings is 1. The third-order valence-electron chi connectivity index (χ3n) is 5.39. The van der Waals surface area contributed by atoms with Gasteiger partial charge in [0.2, 0.25) is 17.7 Å². The summed E-state index contributed by atoms with van der Waals surface area (Å²) in [5.41, 5.74) is 0.665. The van der Waals surface area contributed by atoms with Crippen LogP contribution in [0.25, 0.3) is 11.5 Å². The van der Waals surface area contributed by atoms with Crippen LogP contribution >= 0.6 is 0 Å². The van der Waals surface area contributed by atoms with Crippen molar-refractivity contribution in [1.82, 2.24) is 25.3 Å². The second-order valence-corrected chi connectivity index (χ2v) is 7.58. The average molecular weight is 400 g/mol. The Hall–Kier alpha value is -2.85. The van der Waals surface area contributed by atoms with Crippen molar-refractivity contribution in [3.8, 4) is 11.5 Å². The number of rotatable bonds is 7. The molecule has 1 aromatic heterocycles. The molecule has 10 nitrogen and oxygen atoms in total. The summed E-state index contributed by atoms with van der Waals surface area (Å²) in [6.07, 6.45) is 2.20. The van der Waals surface area contributed by atoms with E-state index in [2.05, 4.69) is 25.3 Å². The highest BCUT2D eigenvalue weighted by atomic mass is 16.6. The van der Waals surface area contributed by atoms with E-state index in [1.807, 2.05) is 6.92 Å². The van der Waals surface area contributed by atoms with Gasteiger partial charge in [-0.1, -0.05) is 0 Å². The van der Waals surface area contributed by atoms with Crippen molar-refractivity contribution in [2.24, 2.45) is 0 Å². The fourth-order valence-electron chi connectivity index (χ4n) is 3.41. The Kier molecular flexibility index (Phi) is 5.54. The number of non-ortho nitro benzene ring substituents is 1. The molecule has 2 aromatic rings. The van der Waals surface area contributed by atoms with E-state index < -0.39 is 4.92 Å². The number of carbonyl (C=O) groups is 1. The first-order chi connectivity index (χ1) is 14.0. The number of hydrogen-bond donors (Lipinski definition) is 1. The molecule has 154 valence electrons. The maximum Gasteiger partial charge on any atom is 0.269 e. The summed E-state index contributed by atoms with van der Waals surface area (Å²) >= 11 is 0. The summed E-state index contributed by atoms with van der Waals surface area (Å²) in [5.74, 6) is 0.967. The molecule has 0 bridgehead atoms. The SMILES string of the molecule is CC(c1nnc(-c2ccc([N+](=O)[O-])cc2)o1)N1CCN(CC(=O)NC2CC2)CC1. The number of nitrogens with one attached hydrogen (secondary N) is 1. The molecule has 2 heterocycles. The van der Waals surface area contributed by atoms with E-state index in [0.29, 0.717) is 29.9 Å². The molecule has 0 radical (unpaired) electrons. The zero-order valence-electron chi connectivity index (χ0n) is 16.3. The molecule has 1 unspecified atom stereocenters. The quantitative estimate of drug-likeness (QED) is 0.550. The van der Waals surface area contributed by atoms with Gasteiger partial charge in [-0.15, -0.1) is 10.2 Å². The minimum atomic E-state index is -0.444. The predicted molar refractivity (Wildman–Crippen MR) is 104 cm³/mol. The van der Waals surface area contributed by atoms with Gasteiger partial charge in [0.25, 0.3) is 5.69 Å². The summed E-state index contributed by atoms with van der Waals surface area (Å²) < 4.78 is 5.82. The standard InChI is InChI=1S/C19H24N6O4/c1-13(24-10-8-23(9-11-24)12-17(26)20-15-4-5-15)18-21-22-19(29-18)14-2-6-16(7-3-14)25(27)28/h2-3,6-7,13,15H,4-5,8-12H2,1H3,(H,20,26). The molecule has 4 rings (SSSR count). The van der Waals surface area contributed by atoms with E-state index in [1.54, 1.807) is 12.1 Å². The second kappa shape index (κ2) is 8.26. The number of nitro groups is 1. The summed E-state index contributed by atoms with van der Waals surface area (Å²) in [7, 11) is 0. The van der Waals surface area contributed by atoms with Crippen molar-refractivity contribution in [2.45, 2.75) is 31.8 Å².